The van der Waals surface area contributed by atoms with E-state index in [2.05, 4.69) is 44.5 Å². The van der Waals surface area contributed by atoms with Gasteiger partial charge in [0.25, 0.3) is 0 Å². The van der Waals surface area contributed by atoms with Crippen LogP contribution in [-0.2, 0) is 0 Å². The highest BCUT2D eigenvalue weighted by Crippen LogP contribution is 2.40. The van der Waals surface area contributed by atoms with Crippen molar-refractivity contribution < 1.29 is 0 Å². The third-order valence-electron chi connectivity index (χ3n) is 4.56. The molecule has 26 heavy (non-hydrogen) atoms. The van der Waals surface area contributed by atoms with Crippen LogP contribution in [0.5, 0.6) is 0 Å². The molecule has 0 amide bonds. The highest BCUT2D eigenvalue weighted by atomic mass is 15.1. The van der Waals surface area contributed by atoms with E-state index in [9.17, 15) is 0 Å². The molecule has 0 aliphatic carbocycles. The fourth-order valence-corrected chi connectivity index (χ4v) is 3.31. The first-order valence-electron chi connectivity index (χ1n) is 8.54. The molecule has 0 fully saturated rings. The van der Waals surface area contributed by atoms with Crippen molar-refractivity contribution in [2.24, 2.45) is 10.2 Å². The van der Waals surface area contributed by atoms with E-state index >= 15 is 0 Å². The molecule has 4 heteroatoms. The van der Waals surface area contributed by atoms with Crippen LogP contribution in [0.2, 0.25) is 0 Å². The maximum atomic E-state index is 4.61. The zero-order valence-electron chi connectivity index (χ0n) is 14.0. The fraction of sp³-hybridized carbons (Fsp3) is 0. The third-order valence-corrected chi connectivity index (χ3v) is 4.56. The second kappa shape index (κ2) is 6.01. The van der Waals surface area contributed by atoms with Gasteiger partial charge in [-0.2, -0.15) is 5.11 Å². The van der Waals surface area contributed by atoms with Crippen LogP contribution in [0.1, 0.15) is 0 Å². The standard InChI is InChI=1S/C22H16N4/c1-2-8-15(9-3-1)25-26-22-17-11-5-7-13-20(17)24-21(22)18-14-23-19-12-6-4-10-16(18)19/h1-14,23-24H. The van der Waals surface area contributed by atoms with Crippen LogP contribution in [0.3, 0.4) is 0 Å². The zero-order valence-corrected chi connectivity index (χ0v) is 14.0. The van der Waals surface area contributed by atoms with Gasteiger partial charge >= 0.3 is 0 Å². The van der Waals surface area contributed by atoms with Gasteiger partial charge in [0.2, 0.25) is 0 Å². The number of H-pyrrole nitrogens is 2. The highest BCUT2D eigenvalue weighted by Gasteiger charge is 2.16. The summed E-state index contributed by atoms with van der Waals surface area (Å²) < 4.78 is 0. The molecule has 4 nitrogen and oxygen atoms in total. The van der Waals surface area contributed by atoms with E-state index in [-0.39, 0.29) is 0 Å². The molecule has 2 heterocycles. The largest absolute Gasteiger partial charge is 0.360 e. The van der Waals surface area contributed by atoms with Crippen LogP contribution in [0.25, 0.3) is 33.1 Å². The van der Waals surface area contributed by atoms with Crippen molar-refractivity contribution in [1.82, 2.24) is 9.97 Å². The minimum Gasteiger partial charge on any atom is -0.360 e. The quantitative estimate of drug-likeness (QED) is 0.343. The van der Waals surface area contributed by atoms with Crippen LogP contribution in [-0.4, -0.2) is 9.97 Å². The van der Waals surface area contributed by atoms with Gasteiger partial charge in [-0.3, -0.25) is 0 Å². The number of para-hydroxylation sites is 2. The van der Waals surface area contributed by atoms with Gasteiger partial charge in [0.05, 0.1) is 11.4 Å². The van der Waals surface area contributed by atoms with Gasteiger partial charge in [0.15, 0.2) is 0 Å². The second-order valence-corrected chi connectivity index (χ2v) is 6.18. The molecule has 0 saturated carbocycles. The van der Waals surface area contributed by atoms with Crippen LogP contribution in [0, 0.1) is 0 Å². The smallest absolute Gasteiger partial charge is 0.119 e. The summed E-state index contributed by atoms with van der Waals surface area (Å²) in [5, 5.41) is 11.3. The van der Waals surface area contributed by atoms with E-state index in [1.54, 1.807) is 0 Å². The first-order valence-corrected chi connectivity index (χ1v) is 8.54. The van der Waals surface area contributed by atoms with Crippen molar-refractivity contribution in [2.45, 2.75) is 0 Å². The summed E-state index contributed by atoms with van der Waals surface area (Å²) in [4.78, 5) is 6.86. The number of nitrogens with zero attached hydrogens (tertiary/aromatic N) is 2. The first-order chi connectivity index (χ1) is 12.9. The summed E-state index contributed by atoms with van der Waals surface area (Å²) in [6.45, 7) is 0. The molecule has 124 valence electrons. The topological polar surface area (TPSA) is 56.3 Å². The summed E-state index contributed by atoms with van der Waals surface area (Å²) in [6.07, 6.45) is 2.02. The zero-order chi connectivity index (χ0) is 17.3. The molecule has 2 N–H and O–H groups in total. The maximum Gasteiger partial charge on any atom is 0.119 e. The molecule has 0 saturated heterocycles. The molecule has 0 spiro atoms. The van der Waals surface area contributed by atoms with Crippen molar-refractivity contribution in [3.8, 4) is 11.3 Å². The van der Waals surface area contributed by atoms with Gasteiger partial charge in [-0.25, -0.2) is 0 Å². The lowest BCUT2D eigenvalue weighted by Crippen LogP contribution is -1.75. The Bertz CT molecular complexity index is 1230. The number of hydrogen-bond donors (Lipinski definition) is 2. The Hall–Kier alpha value is -3.66. The summed E-state index contributed by atoms with van der Waals surface area (Å²) in [6, 6.07) is 26.3. The molecule has 3 aromatic carbocycles. The lowest BCUT2D eigenvalue weighted by molar-refractivity contribution is 1.24. The molecule has 5 aromatic rings. The van der Waals surface area contributed by atoms with Crippen LogP contribution in [0.4, 0.5) is 11.4 Å². The van der Waals surface area contributed by atoms with E-state index in [0.717, 1.165) is 44.4 Å². The summed E-state index contributed by atoms with van der Waals surface area (Å²) >= 11 is 0. The number of hydrogen-bond acceptors (Lipinski definition) is 2. The number of nitrogens with one attached hydrogen (secondary N) is 2. The molecule has 0 atom stereocenters. The van der Waals surface area contributed by atoms with E-state index in [1.807, 2.05) is 60.8 Å². The number of azo groups is 1. The molecule has 5 rings (SSSR count). The number of aromatic nitrogens is 2. The van der Waals surface area contributed by atoms with Gasteiger partial charge in [-0.15, -0.1) is 5.11 Å². The number of benzene rings is 3. The molecular weight excluding hydrogens is 320 g/mol. The van der Waals surface area contributed by atoms with E-state index < -0.39 is 0 Å². The molecule has 0 bridgehead atoms. The molecular formula is C22H16N4. The predicted octanol–water partition coefficient (Wildman–Crippen LogP) is 6.73. The Labute approximate surface area is 150 Å². The molecule has 2 aromatic heterocycles. The van der Waals surface area contributed by atoms with Gasteiger partial charge < -0.3 is 9.97 Å². The Morgan fingerprint density at radius 1 is 0.615 bits per heavy atom. The Balaban J connectivity index is 1.74. The van der Waals surface area contributed by atoms with Crippen molar-refractivity contribution in [3.05, 3.63) is 85.1 Å². The number of fused-ring (bicyclic) bond motifs is 2. The summed E-state index contributed by atoms with van der Waals surface area (Å²) in [5.41, 5.74) is 5.92. The highest BCUT2D eigenvalue weighted by molar-refractivity contribution is 6.05. The molecule has 0 unspecified atom stereocenters. The second-order valence-electron chi connectivity index (χ2n) is 6.18. The number of aromatic amines is 2. The first kappa shape index (κ1) is 14.7. The van der Waals surface area contributed by atoms with Crippen LogP contribution in [0.15, 0.2) is 95.3 Å². The van der Waals surface area contributed by atoms with E-state index in [4.69, 9.17) is 0 Å². The minimum atomic E-state index is 0.836. The van der Waals surface area contributed by atoms with Crippen LogP contribution < -0.4 is 0 Å². The molecule has 0 radical (unpaired) electrons. The van der Waals surface area contributed by atoms with E-state index in [1.165, 1.54) is 0 Å². The SMILES string of the molecule is c1ccc(N=Nc2c(-c3c[nH]c4ccccc34)[nH]c3ccccc23)cc1. The monoisotopic (exact) mass is 336 g/mol. The lowest BCUT2D eigenvalue weighted by atomic mass is 10.1. The van der Waals surface area contributed by atoms with Crippen molar-refractivity contribution in [2.75, 3.05) is 0 Å². The maximum absolute atomic E-state index is 4.61. The summed E-state index contributed by atoms with van der Waals surface area (Å²) in [5.74, 6) is 0. The fourth-order valence-electron chi connectivity index (χ4n) is 3.31. The predicted molar refractivity (Wildman–Crippen MR) is 106 cm³/mol. The normalized spacial score (nSPS) is 11.7. The minimum absolute atomic E-state index is 0.836. The van der Waals surface area contributed by atoms with Gasteiger partial charge in [-0.05, 0) is 24.3 Å². The van der Waals surface area contributed by atoms with E-state index in [0.29, 0.717) is 0 Å². The molecule has 0 aliphatic heterocycles. The average Bonchev–Trinajstić information content (AvgIpc) is 3.28. The van der Waals surface area contributed by atoms with Gasteiger partial charge in [0, 0.05) is 33.6 Å². The van der Waals surface area contributed by atoms with Crippen molar-refractivity contribution >= 4 is 33.2 Å². The Kier molecular flexibility index (Phi) is 3.39. The van der Waals surface area contributed by atoms with Crippen molar-refractivity contribution in [1.29, 1.82) is 0 Å². The summed E-state index contributed by atoms with van der Waals surface area (Å²) in [7, 11) is 0. The van der Waals surface area contributed by atoms with Crippen molar-refractivity contribution in [3.63, 3.8) is 0 Å². The van der Waals surface area contributed by atoms with Gasteiger partial charge in [-0.1, -0.05) is 54.6 Å². The Morgan fingerprint density at radius 2 is 1.31 bits per heavy atom. The lowest BCUT2D eigenvalue weighted by Gasteiger charge is -1.99. The molecule has 0 aliphatic rings. The average molecular weight is 336 g/mol. The third kappa shape index (κ3) is 2.40. The Morgan fingerprint density at radius 3 is 2.15 bits per heavy atom. The number of rotatable bonds is 3. The van der Waals surface area contributed by atoms with Crippen LogP contribution >= 0.6 is 0 Å². The van der Waals surface area contributed by atoms with Gasteiger partial charge in [0.1, 0.15) is 5.69 Å².